The summed E-state index contributed by atoms with van der Waals surface area (Å²) >= 11 is 17.5. The Morgan fingerprint density at radius 1 is 1.00 bits per heavy atom. The fourth-order valence-electron chi connectivity index (χ4n) is 0.798. The van der Waals surface area contributed by atoms with Crippen LogP contribution in [0, 0.1) is 0 Å². The van der Waals surface area contributed by atoms with Crippen LogP contribution in [0.15, 0.2) is 28.7 Å². The van der Waals surface area contributed by atoms with Crippen molar-refractivity contribution in [2.75, 3.05) is 0 Å². The molecule has 0 saturated carbocycles. The Kier molecular flexibility index (Phi) is 4.98. The van der Waals surface area contributed by atoms with E-state index in [0.29, 0.717) is 0 Å². The van der Waals surface area contributed by atoms with E-state index in [2.05, 4.69) is 79.6 Å². The molecule has 0 aliphatic carbocycles. The first-order chi connectivity index (χ1) is 5.94. The van der Waals surface area contributed by atoms with Gasteiger partial charge in [-0.3, -0.25) is 0 Å². The lowest BCUT2D eigenvalue weighted by Crippen LogP contribution is -2.16. The van der Waals surface area contributed by atoms with Gasteiger partial charge in [0.2, 0.25) is 0 Å². The van der Waals surface area contributed by atoms with Crippen LogP contribution in [0.25, 0.3) is 0 Å². The van der Waals surface area contributed by atoms with E-state index in [4.69, 9.17) is 0 Å². The Labute approximate surface area is 119 Å². The Bertz CT molecular complexity index is 277. The molecule has 5 heteroatoms. The van der Waals surface area contributed by atoms with E-state index in [0.717, 1.165) is 10.0 Å². The average molecular weight is 501 g/mol. The Morgan fingerprint density at radius 3 is 1.85 bits per heavy atom. The van der Waals surface area contributed by atoms with E-state index in [1.165, 1.54) is 0 Å². The maximum absolute atomic E-state index is 3.59. The lowest BCUT2D eigenvalue weighted by Gasteiger charge is -2.22. The molecular formula is C8H5Br5. The van der Waals surface area contributed by atoms with Crippen molar-refractivity contribution in [2.45, 2.75) is 6.97 Å². The first-order valence-corrected chi connectivity index (χ1v) is 7.57. The fraction of sp³-hybridized carbons (Fsp3) is 0.250. The van der Waals surface area contributed by atoms with Crippen molar-refractivity contribution >= 4 is 79.6 Å². The van der Waals surface area contributed by atoms with Crippen molar-refractivity contribution in [1.82, 2.24) is 0 Å². The molecule has 0 spiro atoms. The van der Waals surface area contributed by atoms with Crippen LogP contribution in [0.2, 0.25) is 0 Å². The van der Waals surface area contributed by atoms with Crippen LogP contribution in [-0.4, -0.2) is 3.74 Å². The minimum atomic E-state index is -0.277. The molecule has 72 valence electrons. The molecule has 0 aliphatic heterocycles. The normalized spacial score (nSPS) is 12.2. The van der Waals surface area contributed by atoms with Crippen LogP contribution in [0.4, 0.5) is 0 Å². The van der Waals surface area contributed by atoms with Crippen LogP contribution in [-0.2, 0) is 3.23 Å². The summed E-state index contributed by atoms with van der Waals surface area (Å²) in [6.07, 6.45) is 0. The SMILES string of the molecule is Brc1ccc(C(Br)(Br)C(Br)Br)cc1. The highest BCUT2D eigenvalue weighted by Gasteiger charge is 2.31. The fourth-order valence-corrected chi connectivity index (χ4v) is 2.12. The molecule has 0 aliphatic rings. The highest BCUT2D eigenvalue weighted by atomic mass is 79.9. The summed E-state index contributed by atoms with van der Waals surface area (Å²) in [5, 5.41) is 0. The molecular weight excluding hydrogens is 496 g/mol. The summed E-state index contributed by atoms with van der Waals surface area (Å²) in [5.41, 5.74) is 1.15. The summed E-state index contributed by atoms with van der Waals surface area (Å²) in [4.78, 5) is 0. The standard InChI is InChI=1S/C8H5Br5/c9-6-3-1-5(2-4-6)8(12,13)7(10)11/h1-4,7H. The zero-order valence-electron chi connectivity index (χ0n) is 6.28. The van der Waals surface area contributed by atoms with Gasteiger partial charge in [0.25, 0.3) is 0 Å². The van der Waals surface area contributed by atoms with E-state index in [1.807, 2.05) is 24.3 Å². The second-order valence-corrected chi connectivity index (χ2v) is 9.97. The van der Waals surface area contributed by atoms with E-state index in [1.54, 1.807) is 0 Å². The highest BCUT2D eigenvalue weighted by molar-refractivity contribution is 9.29. The largest absolute Gasteiger partial charge is 0.127 e. The number of hydrogen-bond donors (Lipinski definition) is 0. The monoisotopic (exact) mass is 496 g/mol. The number of hydrogen-bond acceptors (Lipinski definition) is 0. The minimum Gasteiger partial charge on any atom is -0.0736 e. The van der Waals surface area contributed by atoms with Gasteiger partial charge in [0, 0.05) is 4.47 Å². The third kappa shape index (κ3) is 3.30. The van der Waals surface area contributed by atoms with Crippen molar-refractivity contribution in [2.24, 2.45) is 0 Å². The van der Waals surface area contributed by atoms with Gasteiger partial charge in [-0.05, 0) is 17.7 Å². The van der Waals surface area contributed by atoms with Gasteiger partial charge in [-0.1, -0.05) is 91.8 Å². The molecule has 0 unspecified atom stereocenters. The van der Waals surface area contributed by atoms with Crippen LogP contribution in [0.3, 0.4) is 0 Å². The summed E-state index contributed by atoms with van der Waals surface area (Å²) < 4.78 is 0.919. The van der Waals surface area contributed by atoms with Crippen molar-refractivity contribution in [1.29, 1.82) is 0 Å². The zero-order valence-corrected chi connectivity index (χ0v) is 14.2. The quantitative estimate of drug-likeness (QED) is 0.470. The Hall–Kier alpha value is 1.62. The van der Waals surface area contributed by atoms with Crippen molar-refractivity contribution in [3.8, 4) is 0 Å². The molecule has 1 rings (SSSR count). The van der Waals surface area contributed by atoms with Crippen LogP contribution >= 0.6 is 79.6 Å². The summed E-state index contributed by atoms with van der Waals surface area (Å²) in [6.45, 7) is 0. The molecule has 0 bridgehead atoms. The summed E-state index contributed by atoms with van der Waals surface area (Å²) in [7, 11) is 0. The lowest BCUT2D eigenvalue weighted by atomic mass is 10.2. The predicted octanol–water partition coefficient (Wildman–Crippen LogP) is 5.51. The Morgan fingerprint density at radius 2 is 1.46 bits per heavy atom. The molecule has 0 nitrogen and oxygen atoms in total. The zero-order chi connectivity index (χ0) is 10.1. The number of benzene rings is 1. The van der Waals surface area contributed by atoms with Gasteiger partial charge in [0.1, 0.15) is 3.23 Å². The van der Waals surface area contributed by atoms with Crippen molar-refractivity contribution in [3.05, 3.63) is 34.3 Å². The molecule has 1 aromatic rings. The van der Waals surface area contributed by atoms with Gasteiger partial charge in [-0.2, -0.15) is 0 Å². The topological polar surface area (TPSA) is 0 Å². The van der Waals surface area contributed by atoms with E-state index < -0.39 is 0 Å². The molecule has 0 radical (unpaired) electrons. The van der Waals surface area contributed by atoms with Crippen LogP contribution in [0.1, 0.15) is 5.56 Å². The van der Waals surface area contributed by atoms with Crippen LogP contribution < -0.4 is 0 Å². The molecule has 0 heterocycles. The first-order valence-electron chi connectivity index (χ1n) is 3.36. The first kappa shape index (κ1) is 12.7. The molecule has 1 aromatic carbocycles. The summed E-state index contributed by atoms with van der Waals surface area (Å²) in [6, 6.07) is 8.11. The summed E-state index contributed by atoms with van der Waals surface area (Å²) in [5.74, 6) is 0. The molecule has 13 heavy (non-hydrogen) atoms. The molecule has 0 N–H and O–H groups in total. The maximum atomic E-state index is 3.59. The second-order valence-electron chi connectivity index (χ2n) is 2.43. The Balaban J connectivity index is 3.01. The average Bonchev–Trinajstić information content (AvgIpc) is 2.04. The minimum absolute atomic E-state index is 0.119. The molecule has 0 saturated heterocycles. The van der Waals surface area contributed by atoms with E-state index in [-0.39, 0.29) is 6.97 Å². The van der Waals surface area contributed by atoms with Crippen molar-refractivity contribution < 1.29 is 0 Å². The number of alkyl halides is 4. The molecule has 0 fully saturated rings. The third-order valence-corrected chi connectivity index (χ3v) is 7.69. The van der Waals surface area contributed by atoms with Gasteiger partial charge in [0.15, 0.2) is 0 Å². The van der Waals surface area contributed by atoms with Crippen molar-refractivity contribution in [3.63, 3.8) is 0 Å². The second kappa shape index (κ2) is 5.10. The van der Waals surface area contributed by atoms with Gasteiger partial charge in [0.05, 0.1) is 3.74 Å². The molecule has 0 amide bonds. The van der Waals surface area contributed by atoms with Gasteiger partial charge in [-0.15, -0.1) is 0 Å². The van der Waals surface area contributed by atoms with Gasteiger partial charge in [-0.25, -0.2) is 0 Å². The lowest BCUT2D eigenvalue weighted by molar-refractivity contribution is 1.05. The predicted molar refractivity (Wildman–Crippen MR) is 75.3 cm³/mol. The van der Waals surface area contributed by atoms with E-state index in [9.17, 15) is 0 Å². The smallest absolute Gasteiger partial charge is 0.0736 e. The van der Waals surface area contributed by atoms with Crippen LogP contribution in [0.5, 0.6) is 0 Å². The van der Waals surface area contributed by atoms with Gasteiger partial charge < -0.3 is 0 Å². The third-order valence-electron chi connectivity index (χ3n) is 1.50. The molecule has 0 atom stereocenters. The molecule has 0 aromatic heterocycles. The van der Waals surface area contributed by atoms with E-state index >= 15 is 0 Å². The van der Waals surface area contributed by atoms with Gasteiger partial charge >= 0.3 is 0 Å². The number of halogens is 5. The number of rotatable bonds is 2. The highest BCUT2D eigenvalue weighted by Crippen LogP contribution is 2.47. The maximum Gasteiger partial charge on any atom is 0.127 e.